The highest BCUT2D eigenvalue weighted by Crippen LogP contribution is 2.21. The Morgan fingerprint density at radius 1 is 1.50 bits per heavy atom. The molecule has 1 rings (SSSR count). The molecule has 0 radical (unpaired) electrons. The SMILES string of the molecule is C#CC(CCC)NC1(CN)CCN(C)CC1. The van der Waals surface area contributed by atoms with Crippen molar-refractivity contribution in [2.45, 2.75) is 44.2 Å². The number of hydrogen-bond acceptors (Lipinski definition) is 3. The zero-order valence-electron chi connectivity index (χ0n) is 10.6. The molecule has 0 aromatic carbocycles. The first-order chi connectivity index (χ1) is 7.65. The number of piperidine rings is 1. The Hall–Kier alpha value is -0.560. The third-order valence-corrected chi connectivity index (χ3v) is 3.59. The lowest BCUT2D eigenvalue weighted by Gasteiger charge is -2.42. The first-order valence-corrected chi connectivity index (χ1v) is 6.28. The van der Waals surface area contributed by atoms with E-state index in [-0.39, 0.29) is 11.6 Å². The number of likely N-dealkylation sites (tertiary alicyclic amines) is 1. The van der Waals surface area contributed by atoms with Crippen LogP contribution in [0.25, 0.3) is 0 Å². The second-order valence-electron chi connectivity index (χ2n) is 4.94. The number of nitrogens with zero attached hydrogens (tertiary/aromatic N) is 1. The van der Waals surface area contributed by atoms with Gasteiger partial charge in [0.2, 0.25) is 0 Å². The van der Waals surface area contributed by atoms with Crippen LogP contribution in [0.5, 0.6) is 0 Å². The summed E-state index contributed by atoms with van der Waals surface area (Å²) < 4.78 is 0. The van der Waals surface area contributed by atoms with Gasteiger partial charge in [-0.15, -0.1) is 6.42 Å². The summed E-state index contributed by atoms with van der Waals surface area (Å²) >= 11 is 0. The maximum Gasteiger partial charge on any atom is 0.0691 e. The van der Waals surface area contributed by atoms with Crippen LogP contribution < -0.4 is 11.1 Å². The number of nitrogens with one attached hydrogen (secondary N) is 1. The van der Waals surface area contributed by atoms with E-state index in [9.17, 15) is 0 Å². The molecule has 0 saturated carbocycles. The van der Waals surface area contributed by atoms with E-state index < -0.39 is 0 Å². The van der Waals surface area contributed by atoms with Gasteiger partial charge >= 0.3 is 0 Å². The molecule has 3 N–H and O–H groups in total. The van der Waals surface area contributed by atoms with Gasteiger partial charge in [0.05, 0.1) is 6.04 Å². The minimum Gasteiger partial charge on any atom is -0.329 e. The Morgan fingerprint density at radius 2 is 2.12 bits per heavy atom. The van der Waals surface area contributed by atoms with E-state index in [2.05, 4.69) is 30.1 Å². The molecule has 1 aliphatic heterocycles. The Balaban J connectivity index is 2.56. The van der Waals surface area contributed by atoms with Crippen molar-refractivity contribution in [3.63, 3.8) is 0 Å². The molecule has 16 heavy (non-hydrogen) atoms. The van der Waals surface area contributed by atoms with Gasteiger partial charge in [-0.2, -0.15) is 0 Å². The minimum atomic E-state index is 0.0682. The fraction of sp³-hybridized carbons (Fsp3) is 0.846. The van der Waals surface area contributed by atoms with Crippen LogP contribution in [-0.2, 0) is 0 Å². The second-order valence-corrected chi connectivity index (χ2v) is 4.94. The van der Waals surface area contributed by atoms with Crippen LogP contribution in [0, 0.1) is 12.3 Å². The highest BCUT2D eigenvalue weighted by Gasteiger charge is 2.33. The van der Waals surface area contributed by atoms with Crippen LogP contribution in [-0.4, -0.2) is 43.2 Å². The van der Waals surface area contributed by atoms with Crippen LogP contribution in [0.15, 0.2) is 0 Å². The van der Waals surface area contributed by atoms with Crippen LogP contribution >= 0.6 is 0 Å². The summed E-state index contributed by atoms with van der Waals surface area (Å²) in [4.78, 5) is 2.35. The average Bonchev–Trinajstić information content (AvgIpc) is 2.32. The molecule has 1 atom stereocenters. The molecule has 3 heteroatoms. The lowest BCUT2D eigenvalue weighted by Crippen LogP contribution is -2.59. The molecule has 0 aliphatic carbocycles. The second kappa shape index (κ2) is 6.24. The zero-order valence-corrected chi connectivity index (χ0v) is 10.6. The van der Waals surface area contributed by atoms with E-state index in [4.69, 9.17) is 12.2 Å². The standard InChI is InChI=1S/C13H25N3/c1-4-6-12(5-2)15-13(11-14)7-9-16(3)10-8-13/h2,12,15H,4,6-11,14H2,1,3H3. The average molecular weight is 223 g/mol. The Labute approximate surface area is 99.8 Å². The third-order valence-electron chi connectivity index (χ3n) is 3.59. The van der Waals surface area contributed by atoms with Gasteiger partial charge in [0.25, 0.3) is 0 Å². The van der Waals surface area contributed by atoms with Crippen molar-refractivity contribution < 1.29 is 0 Å². The normalized spacial score (nSPS) is 22.6. The van der Waals surface area contributed by atoms with Crippen molar-refractivity contribution in [2.24, 2.45) is 5.73 Å². The maximum atomic E-state index is 5.93. The molecule has 0 bridgehead atoms. The van der Waals surface area contributed by atoms with Gasteiger partial charge in [-0.1, -0.05) is 19.3 Å². The van der Waals surface area contributed by atoms with Gasteiger partial charge in [0.15, 0.2) is 0 Å². The topological polar surface area (TPSA) is 41.3 Å². The predicted octanol–water partition coefficient (Wildman–Crippen LogP) is 0.801. The van der Waals surface area contributed by atoms with Crippen molar-refractivity contribution >= 4 is 0 Å². The fourth-order valence-electron chi connectivity index (χ4n) is 2.31. The zero-order chi connectivity index (χ0) is 12.0. The molecule has 92 valence electrons. The largest absolute Gasteiger partial charge is 0.329 e. The number of rotatable bonds is 5. The van der Waals surface area contributed by atoms with Crippen molar-refractivity contribution in [3.05, 3.63) is 0 Å². The van der Waals surface area contributed by atoms with Crippen molar-refractivity contribution in [1.29, 1.82) is 0 Å². The summed E-state index contributed by atoms with van der Waals surface area (Å²) in [6.07, 6.45) is 9.90. The Morgan fingerprint density at radius 3 is 2.56 bits per heavy atom. The lowest BCUT2D eigenvalue weighted by atomic mass is 9.86. The van der Waals surface area contributed by atoms with Gasteiger partial charge in [0, 0.05) is 12.1 Å². The molecule has 0 amide bonds. The van der Waals surface area contributed by atoms with Gasteiger partial charge in [-0.25, -0.2) is 0 Å². The van der Waals surface area contributed by atoms with Crippen LogP contribution in [0.3, 0.4) is 0 Å². The molecule has 1 fully saturated rings. The van der Waals surface area contributed by atoms with E-state index in [1.807, 2.05) is 0 Å². The van der Waals surface area contributed by atoms with Crippen molar-refractivity contribution in [1.82, 2.24) is 10.2 Å². The summed E-state index contributed by atoms with van der Waals surface area (Å²) in [5.74, 6) is 2.84. The van der Waals surface area contributed by atoms with Gasteiger partial charge < -0.3 is 10.6 Å². The quantitative estimate of drug-likeness (QED) is 0.678. The maximum absolute atomic E-state index is 5.93. The number of terminal acetylenes is 1. The third kappa shape index (κ3) is 3.48. The van der Waals surface area contributed by atoms with Crippen molar-refractivity contribution in [2.75, 3.05) is 26.7 Å². The molecule has 1 heterocycles. The predicted molar refractivity (Wildman–Crippen MR) is 69.2 cm³/mol. The lowest BCUT2D eigenvalue weighted by molar-refractivity contribution is 0.154. The number of hydrogen-bond donors (Lipinski definition) is 2. The molecule has 1 unspecified atom stereocenters. The van der Waals surface area contributed by atoms with E-state index >= 15 is 0 Å². The van der Waals surface area contributed by atoms with Crippen LogP contribution in [0.1, 0.15) is 32.6 Å². The number of nitrogens with two attached hydrogens (primary N) is 1. The Bertz CT molecular complexity index is 236. The molecule has 0 spiro atoms. The molecule has 0 aromatic rings. The summed E-state index contributed by atoms with van der Waals surface area (Å²) in [7, 11) is 2.16. The minimum absolute atomic E-state index is 0.0682. The Kier molecular flexibility index (Phi) is 5.27. The first-order valence-electron chi connectivity index (χ1n) is 6.28. The summed E-state index contributed by atoms with van der Waals surface area (Å²) in [5.41, 5.74) is 6.00. The first kappa shape index (κ1) is 13.5. The van der Waals surface area contributed by atoms with E-state index in [1.54, 1.807) is 0 Å². The highest BCUT2D eigenvalue weighted by molar-refractivity contribution is 5.05. The van der Waals surface area contributed by atoms with Crippen LogP contribution in [0.4, 0.5) is 0 Å². The summed E-state index contributed by atoms with van der Waals surface area (Å²) in [5, 5.41) is 3.60. The van der Waals surface area contributed by atoms with Gasteiger partial charge in [-0.05, 0) is 39.4 Å². The molecular weight excluding hydrogens is 198 g/mol. The molecule has 0 aromatic heterocycles. The summed E-state index contributed by atoms with van der Waals surface area (Å²) in [6.45, 7) is 5.06. The van der Waals surface area contributed by atoms with Crippen LogP contribution in [0.2, 0.25) is 0 Å². The smallest absolute Gasteiger partial charge is 0.0691 e. The van der Waals surface area contributed by atoms with Gasteiger partial charge in [-0.3, -0.25) is 5.32 Å². The van der Waals surface area contributed by atoms with E-state index in [0.717, 1.165) is 38.8 Å². The molecule has 1 saturated heterocycles. The van der Waals surface area contributed by atoms with E-state index in [1.165, 1.54) is 0 Å². The monoisotopic (exact) mass is 223 g/mol. The van der Waals surface area contributed by atoms with Gasteiger partial charge in [0.1, 0.15) is 0 Å². The molecular formula is C13H25N3. The fourth-order valence-corrected chi connectivity index (χ4v) is 2.31. The molecule has 3 nitrogen and oxygen atoms in total. The van der Waals surface area contributed by atoms with Crippen molar-refractivity contribution in [3.8, 4) is 12.3 Å². The highest BCUT2D eigenvalue weighted by atomic mass is 15.1. The summed E-state index contributed by atoms with van der Waals surface area (Å²) in [6, 6.07) is 0.178. The van der Waals surface area contributed by atoms with E-state index in [0.29, 0.717) is 6.54 Å². The molecule has 1 aliphatic rings.